The minimum Gasteiger partial charge on any atom is -0.480 e. The van der Waals surface area contributed by atoms with Crippen molar-refractivity contribution in [2.24, 2.45) is 5.92 Å². The minimum absolute atomic E-state index is 0.000385. The standard InChI is InChI=1S/C25H28N2O5/c1-2-7-22(24(29)30)27-23(28)15-12-16(13-15)26-25(31)32-14-21-19-10-5-3-8-17(19)18-9-4-6-11-20(18)21/h3-6,8-11,15-16,21-22H,2,7,12-14H2,1H3,(H,26,31)(H,27,28)(H,29,30)/t15?,16?,22-/m0/s1. The number of carbonyl (C=O) groups excluding carboxylic acids is 2. The fourth-order valence-corrected chi connectivity index (χ4v) is 4.59. The quantitative estimate of drug-likeness (QED) is 0.586. The Morgan fingerprint density at radius 1 is 1.03 bits per heavy atom. The molecule has 7 nitrogen and oxygen atoms in total. The van der Waals surface area contributed by atoms with Gasteiger partial charge in [-0.3, -0.25) is 4.79 Å². The Labute approximate surface area is 187 Å². The van der Waals surface area contributed by atoms with Crippen LogP contribution in [0.3, 0.4) is 0 Å². The largest absolute Gasteiger partial charge is 0.480 e. The number of aliphatic carboxylic acids is 1. The van der Waals surface area contributed by atoms with Crippen LogP contribution in [0.15, 0.2) is 48.5 Å². The molecule has 3 N–H and O–H groups in total. The first kappa shape index (κ1) is 21.9. The van der Waals surface area contributed by atoms with Crippen molar-refractivity contribution >= 4 is 18.0 Å². The maximum absolute atomic E-state index is 12.3. The van der Waals surface area contributed by atoms with Crippen LogP contribution in [-0.2, 0) is 14.3 Å². The highest BCUT2D eigenvalue weighted by Crippen LogP contribution is 2.44. The molecule has 0 heterocycles. The predicted molar refractivity (Wildman–Crippen MR) is 119 cm³/mol. The first-order chi connectivity index (χ1) is 15.5. The molecule has 2 aliphatic carbocycles. The maximum Gasteiger partial charge on any atom is 0.407 e. The van der Waals surface area contributed by atoms with Gasteiger partial charge in [-0.25, -0.2) is 9.59 Å². The summed E-state index contributed by atoms with van der Waals surface area (Å²) in [6.07, 6.45) is 1.54. The molecule has 2 aromatic rings. The van der Waals surface area contributed by atoms with Crippen molar-refractivity contribution in [3.05, 3.63) is 59.7 Å². The highest BCUT2D eigenvalue weighted by molar-refractivity contribution is 5.85. The first-order valence-electron chi connectivity index (χ1n) is 11.1. The topological polar surface area (TPSA) is 105 Å². The van der Waals surface area contributed by atoms with Gasteiger partial charge in [0.25, 0.3) is 0 Å². The van der Waals surface area contributed by atoms with Gasteiger partial charge in [-0.05, 0) is 41.5 Å². The smallest absolute Gasteiger partial charge is 0.407 e. The van der Waals surface area contributed by atoms with Gasteiger partial charge in [-0.15, -0.1) is 0 Å². The third kappa shape index (κ3) is 4.47. The predicted octanol–water partition coefficient (Wildman–Crippen LogP) is 3.67. The van der Waals surface area contributed by atoms with Gasteiger partial charge < -0.3 is 20.5 Å². The van der Waals surface area contributed by atoms with Gasteiger partial charge in [0.2, 0.25) is 5.91 Å². The lowest BCUT2D eigenvalue weighted by molar-refractivity contribution is -0.143. The van der Waals surface area contributed by atoms with Crippen LogP contribution in [0.2, 0.25) is 0 Å². The number of carboxylic acid groups (broad SMARTS) is 1. The molecule has 168 valence electrons. The van der Waals surface area contributed by atoms with Gasteiger partial charge in [0.15, 0.2) is 0 Å². The van der Waals surface area contributed by atoms with Crippen molar-refractivity contribution in [3.8, 4) is 11.1 Å². The third-order valence-corrected chi connectivity index (χ3v) is 6.37. The lowest BCUT2D eigenvalue weighted by atomic mass is 9.79. The molecule has 0 aromatic heterocycles. The van der Waals surface area contributed by atoms with Crippen LogP contribution in [0.5, 0.6) is 0 Å². The number of benzene rings is 2. The van der Waals surface area contributed by atoms with Crippen molar-refractivity contribution < 1.29 is 24.2 Å². The Bertz CT molecular complexity index is 969. The molecule has 1 fully saturated rings. The number of hydrogen-bond acceptors (Lipinski definition) is 4. The second kappa shape index (κ2) is 9.42. The number of nitrogens with one attached hydrogen (secondary N) is 2. The van der Waals surface area contributed by atoms with Crippen LogP contribution < -0.4 is 10.6 Å². The summed E-state index contributed by atoms with van der Waals surface area (Å²) in [7, 11) is 0. The summed E-state index contributed by atoms with van der Waals surface area (Å²) in [4.78, 5) is 35.8. The SMILES string of the molecule is CCC[C@H](NC(=O)C1CC(NC(=O)OCC2c3ccccc3-c3ccccc32)C1)C(=O)O. The molecule has 4 rings (SSSR count). The van der Waals surface area contributed by atoms with E-state index in [9.17, 15) is 19.5 Å². The monoisotopic (exact) mass is 436 g/mol. The second-order valence-corrected chi connectivity index (χ2v) is 8.52. The summed E-state index contributed by atoms with van der Waals surface area (Å²) in [6, 6.07) is 15.3. The number of hydrogen-bond donors (Lipinski definition) is 3. The number of fused-ring (bicyclic) bond motifs is 3. The fourth-order valence-electron chi connectivity index (χ4n) is 4.59. The number of carboxylic acids is 1. The maximum atomic E-state index is 12.3. The van der Waals surface area contributed by atoms with Crippen molar-refractivity contribution in [1.82, 2.24) is 10.6 Å². The van der Waals surface area contributed by atoms with E-state index in [1.165, 1.54) is 11.1 Å². The number of alkyl carbamates (subject to hydrolysis) is 1. The van der Waals surface area contributed by atoms with E-state index in [1.807, 2.05) is 31.2 Å². The highest BCUT2D eigenvalue weighted by atomic mass is 16.5. The Morgan fingerprint density at radius 3 is 2.19 bits per heavy atom. The van der Waals surface area contributed by atoms with E-state index in [4.69, 9.17) is 4.74 Å². The molecule has 2 aromatic carbocycles. The molecular formula is C25H28N2O5. The molecule has 32 heavy (non-hydrogen) atoms. The normalized spacial score (nSPS) is 19.8. The Balaban J connectivity index is 1.26. The van der Waals surface area contributed by atoms with Crippen LogP contribution in [0.25, 0.3) is 11.1 Å². The van der Waals surface area contributed by atoms with Crippen molar-refractivity contribution in [1.29, 1.82) is 0 Å². The van der Waals surface area contributed by atoms with Gasteiger partial charge in [-0.1, -0.05) is 61.9 Å². The first-order valence-corrected chi connectivity index (χ1v) is 11.1. The summed E-state index contributed by atoms with van der Waals surface area (Å²) in [6.45, 7) is 2.12. The summed E-state index contributed by atoms with van der Waals surface area (Å²) in [5.74, 6) is -1.57. The van der Waals surface area contributed by atoms with Crippen LogP contribution in [-0.4, -0.2) is 41.8 Å². The Hall–Kier alpha value is -3.35. The molecular weight excluding hydrogens is 408 g/mol. The average Bonchev–Trinajstić information content (AvgIpc) is 3.08. The van der Waals surface area contributed by atoms with Crippen LogP contribution >= 0.6 is 0 Å². The summed E-state index contributed by atoms with van der Waals surface area (Å²) in [5.41, 5.74) is 4.66. The molecule has 0 spiro atoms. The van der Waals surface area contributed by atoms with Crippen molar-refractivity contribution in [2.75, 3.05) is 6.61 Å². The zero-order valence-electron chi connectivity index (χ0n) is 18.0. The molecule has 2 amide bonds. The Kier molecular flexibility index (Phi) is 6.44. The lowest BCUT2D eigenvalue weighted by Gasteiger charge is -2.35. The van der Waals surface area contributed by atoms with Gasteiger partial charge in [0, 0.05) is 17.9 Å². The molecule has 0 radical (unpaired) electrons. The number of carbonyl (C=O) groups is 3. The van der Waals surface area contributed by atoms with E-state index >= 15 is 0 Å². The van der Waals surface area contributed by atoms with Gasteiger partial charge >= 0.3 is 12.1 Å². The highest BCUT2D eigenvalue weighted by Gasteiger charge is 2.37. The third-order valence-electron chi connectivity index (χ3n) is 6.37. The molecule has 2 aliphatic rings. The summed E-state index contributed by atoms with van der Waals surface area (Å²) in [5, 5.41) is 14.6. The van der Waals surface area contributed by atoms with E-state index in [0.717, 1.165) is 11.1 Å². The minimum atomic E-state index is -1.02. The van der Waals surface area contributed by atoms with Crippen molar-refractivity contribution in [3.63, 3.8) is 0 Å². The van der Waals surface area contributed by atoms with E-state index in [2.05, 4.69) is 34.9 Å². The second-order valence-electron chi connectivity index (χ2n) is 8.52. The number of ether oxygens (including phenoxy) is 1. The molecule has 1 saturated carbocycles. The summed E-state index contributed by atoms with van der Waals surface area (Å²) < 4.78 is 5.54. The van der Waals surface area contributed by atoms with Crippen LogP contribution in [0, 0.1) is 5.92 Å². The molecule has 0 unspecified atom stereocenters. The zero-order valence-corrected chi connectivity index (χ0v) is 18.0. The van der Waals surface area contributed by atoms with Gasteiger partial charge in [-0.2, -0.15) is 0 Å². The average molecular weight is 437 g/mol. The van der Waals surface area contributed by atoms with E-state index in [-0.39, 0.29) is 30.4 Å². The van der Waals surface area contributed by atoms with E-state index < -0.39 is 18.1 Å². The fraction of sp³-hybridized carbons (Fsp3) is 0.400. The van der Waals surface area contributed by atoms with Gasteiger partial charge in [0.1, 0.15) is 12.6 Å². The molecule has 1 atom stereocenters. The van der Waals surface area contributed by atoms with Crippen LogP contribution in [0.4, 0.5) is 4.79 Å². The number of amides is 2. The number of rotatable bonds is 8. The molecule has 0 saturated heterocycles. The van der Waals surface area contributed by atoms with E-state index in [0.29, 0.717) is 25.7 Å². The van der Waals surface area contributed by atoms with Crippen LogP contribution in [0.1, 0.15) is 49.7 Å². The lowest BCUT2D eigenvalue weighted by Crippen LogP contribution is -2.52. The van der Waals surface area contributed by atoms with Gasteiger partial charge in [0.05, 0.1) is 0 Å². The molecule has 0 bridgehead atoms. The van der Waals surface area contributed by atoms with Crippen molar-refractivity contribution in [2.45, 2.75) is 50.6 Å². The molecule has 7 heteroatoms. The summed E-state index contributed by atoms with van der Waals surface area (Å²) >= 11 is 0. The van der Waals surface area contributed by atoms with E-state index in [1.54, 1.807) is 0 Å². The Morgan fingerprint density at radius 2 is 1.62 bits per heavy atom. The zero-order chi connectivity index (χ0) is 22.7. The molecule has 0 aliphatic heterocycles.